The van der Waals surface area contributed by atoms with Gasteiger partial charge in [-0.25, -0.2) is 0 Å². The van der Waals surface area contributed by atoms with Crippen molar-refractivity contribution in [1.82, 2.24) is 0 Å². The minimum atomic E-state index is -4.04. The van der Waals surface area contributed by atoms with Crippen LogP contribution in [0.5, 0.6) is 0 Å². The van der Waals surface area contributed by atoms with E-state index in [2.05, 4.69) is 17.0 Å². The van der Waals surface area contributed by atoms with Crippen LogP contribution < -0.4 is 4.90 Å². The monoisotopic (exact) mass is 497 g/mol. The maximum atomic E-state index is 11.2. The molecule has 3 rings (SSSR count). The number of benzene rings is 2. The molecule has 0 bridgehead atoms. The van der Waals surface area contributed by atoms with E-state index in [-0.39, 0.29) is 17.9 Å². The fourth-order valence-corrected chi connectivity index (χ4v) is 5.83. The number of allylic oxidation sites excluding steroid dienone is 3. The summed E-state index contributed by atoms with van der Waals surface area (Å²) in [6.45, 7) is 2.44. The standard InChI is InChI=1S/C22H27NO6S3/c1-2-17(8-5-6-14-31(24,25)26)16-21-23(13-7-15-32(27,28)29)22-19-10-4-3-9-18(19)11-12-20(22)30-21/h3-4,8-12,16H,2,5-7,13-15H2,1H3,(H,24,25,26)(H,27,28,29). The van der Waals surface area contributed by atoms with Crippen LogP contribution in [-0.2, 0) is 20.2 Å². The SMILES string of the molecule is CCC(=CCCCS(=O)(=O)O)C=C1Sc2ccc3ccccc3c2N1CCCS(=O)(=O)O. The lowest BCUT2D eigenvalue weighted by molar-refractivity contribution is 0.479. The van der Waals surface area contributed by atoms with Crippen LogP contribution in [0.3, 0.4) is 0 Å². The highest BCUT2D eigenvalue weighted by Crippen LogP contribution is 2.49. The fourth-order valence-electron chi connectivity index (χ4n) is 3.63. The van der Waals surface area contributed by atoms with E-state index in [1.54, 1.807) is 11.8 Å². The largest absolute Gasteiger partial charge is 0.334 e. The lowest BCUT2D eigenvalue weighted by Crippen LogP contribution is -2.22. The molecule has 0 unspecified atom stereocenters. The molecule has 0 aromatic heterocycles. The van der Waals surface area contributed by atoms with Crippen LogP contribution in [-0.4, -0.2) is 44.0 Å². The first kappa shape index (κ1) is 24.8. The molecule has 174 valence electrons. The summed E-state index contributed by atoms with van der Waals surface area (Å²) in [6, 6.07) is 12.1. The highest BCUT2D eigenvalue weighted by Gasteiger charge is 2.27. The second-order valence-electron chi connectivity index (χ2n) is 7.57. The molecule has 1 heterocycles. The van der Waals surface area contributed by atoms with Crippen molar-refractivity contribution >= 4 is 48.5 Å². The molecule has 7 nitrogen and oxygen atoms in total. The van der Waals surface area contributed by atoms with Crippen LogP contribution in [0.25, 0.3) is 10.8 Å². The Bertz CT molecular complexity index is 1250. The number of hydrogen-bond acceptors (Lipinski definition) is 6. The smallest absolute Gasteiger partial charge is 0.264 e. The molecule has 0 radical (unpaired) electrons. The minimum Gasteiger partial charge on any atom is -0.334 e. The van der Waals surface area contributed by atoms with E-state index >= 15 is 0 Å². The zero-order valence-corrected chi connectivity index (χ0v) is 20.2. The first-order valence-corrected chi connectivity index (χ1v) is 14.4. The Morgan fingerprint density at radius 1 is 1.00 bits per heavy atom. The Morgan fingerprint density at radius 2 is 1.69 bits per heavy atom. The normalized spacial score (nSPS) is 16.2. The van der Waals surface area contributed by atoms with Gasteiger partial charge in [0.1, 0.15) is 0 Å². The summed E-state index contributed by atoms with van der Waals surface area (Å²) in [5.74, 6) is -0.585. The van der Waals surface area contributed by atoms with Crippen molar-refractivity contribution in [3.05, 3.63) is 59.2 Å². The summed E-state index contributed by atoms with van der Waals surface area (Å²) in [7, 11) is -8.01. The van der Waals surface area contributed by atoms with Gasteiger partial charge in [0, 0.05) is 16.8 Å². The summed E-state index contributed by atoms with van der Waals surface area (Å²) < 4.78 is 62.4. The van der Waals surface area contributed by atoms with E-state index in [4.69, 9.17) is 9.11 Å². The third kappa shape index (κ3) is 6.82. The van der Waals surface area contributed by atoms with Gasteiger partial charge in [-0.1, -0.05) is 55.1 Å². The molecular weight excluding hydrogens is 470 g/mol. The van der Waals surface area contributed by atoms with Crippen LogP contribution in [0, 0.1) is 0 Å². The van der Waals surface area contributed by atoms with Crippen LogP contribution >= 0.6 is 11.8 Å². The highest BCUT2D eigenvalue weighted by molar-refractivity contribution is 8.03. The van der Waals surface area contributed by atoms with Gasteiger partial charge in [-0.15, -0.1) is 0 Å². The van der Waals surface area contributed by atoms with Gasteiger partial charge < -0.3 is 4.90 Å². The van der Waals surface area contributed by atoms with E-state index in [1.165, 1.54) is 0 Å². The molecule has 0 saturated carbocycles. The number of nitrogens with zero attached hydrogens (tertiary/aromatic N) is 1. The average Bonchev–Trinajstić information content (AvgIpc) is 3.06. The zero-order chi connectivity index (χ0) is 23.4. The molecule has 0 atom stereocenters. The molecule has 10 heteroatoms. The summed E-state index contributed by atoms with van der Waals surface area (Å²) in [4.78, 5) is 3.17. The van der Waals surface area contributed by atoms with Crippen molar-refractivity contribution in [3.63, 3.8) is 0 Å². The predicted octanol–water partition coefficient (Wildman–Crippen LogP) is 4.88. The minimum absolute atomic E-state index is 0.273. The molecule has 0 amide bonds. The number of rotatable bonds is 10. The van der Waals surface area contributed by atoms with Crippen molar-refractivity contribution in [2.24, 2.45) is 0 Å². The molecule has 0 aliphatic carbocycles. The van der Waals surface area contributed by atoms with Gasteiger partial charge >= 0.3 is 0 Å². The van der Waals surface area contributed by atoms with Gasteiger partial charge in [0.25, 0.3) is 20.2 Å². The maximum Gasteiger partial charge on any atom is 0.264 e. The lowest BCUT2D eigenvalue weighted by atomic mass is 10.1. The Morgan fingerprint density at radius 3 is 2.38 bits per heavy atom. The van der Waals surface area contributed by atoms with Gasteiger partial charge in [0.15, 0.2) is 0 Å². The van der Waals surface area contributed by atoms with Crippen molar-refractivity contribution < 1.29 is 25.9 Å². The van der Waals surface area contributed by atoms with Gasteiger partial charge in [-0.3, -0.25) is 9.11 Å². The summed E-state index contributed by atoms with van der Waals surface area (Å²) in [5.41, 5.74) is 2.05. The van der Waals surface area contributed by atoms with E-state index in [1.807, 2.05) is 43.3 Å². The number of fused-ring (bicyclic) bond motifs is 3. The van der Waals surface area contributed by atoms with Crippen molar-refractivity contribution in [2.75, 3.05) is 23.0 Å². The molecule has 0 fully saturated rings. The average molecular weight is 498 g/mol. The first-order chi connectivity index (χ1) is 15.1. The van der Waals surface area contributed by atoms with Crippen molar-refractivity contribution in [3.8, 4) is 0 Å². The Labute approximate surface area is 193 Å². The molecular formula is C22H27NO6S3. The Balaban J connectivity index is 1.91. The maximum absolute atomic E-state index is 11.2. The summed E-state index contributed by atoms with van der Waals surface area (Å²) >= 11 is 1.60. The molecule has 0 spiro atoms. The Hall–Kier alpha value is -1.85. The molecule has 1 aliphatic heterocycles. The van der Waals surface area contributed by atoms with Crippen molar-refractivity contribution in [1.29, 1.82) is 0 Å². The molecule has 2 aromatic carbocycles. The molecule has 1 aliphatic rings. The number of hydrogen-bond donors (Lipinski definition) is 2. The topological polar surface area (TPSA) is 112 Å². The third-order valence-electron chi connectivity index (χ3n) is 5.13. The second-order valence-corrected chi connectivity index (χ2v) is 11.8. The highest BCUT2D eigenvalue weighted by atomic mass is 32.2. The van der Waals surface area contributed by atoms with Crippen LogP contribution in [0.1, 0.15) is 32.6 Å². The van der Waals surface area contributed by atoms with Gasteiger partial charge in [-0.05, 0) is 48.8 Å². The molecule has 2 aromatic rings. The quantitative estimate of drug-likeness (QED) is 0.353. The van der Waals surface area contributed by atoms with E-state index in [0.29, 0.717) is 19.4 Å². The van der Waals surface area contributed by atoms with Gasteiger partial charge in [0.05, 0.1) is 22.2 Å². The van der Waals surface area contributed by atoms with E-state index in [9.17, 15) is 16.8 Å². The molecule has 32 heavy (non-hydrogen) atoms. The number of unbranched alkanes of at least 4 members (excludes halogenated alkanes) is 1. The van der Waals surface area contributed by atoms with Gasteiger partial charge in [-0.2, -0.15) is 16.8 Å². The first-order valence-electron chi connectivity index (χ1n) is 10.4. The van der Waals surface area contributed by atoms with E-state index in [0.717, 1.165) is 38.4 Å². The van der Waals surface area contributed by atoms with Crippen LogP contribution in [0.2, 0.25) is 0 Å². The fraction of sp³-hybridized carbons (Fsp3) is 0.364. The molecule has 0 saturated heterocycles. The third-order valence-corrected chi connectivity index (χ3v) is 7.83. The van der Waals surface area contributed by atoms with E-state index < -0.39 is 20.2 Å². The second kappa shape index (κ2) is 10.4. The lowest BCUT2D eigenvalue weighted by Gasteiger charge is -2.22. The van der Waals surface area contributed by atoms with Crippen LogP contribution in [0.4, 0.5) is 5.69 Å². The zero-order valence-electron chi connectivity index (χ0n) is 17.8. The number of thioether (sulfide) groups is 1. The van der Waals surface area contributed by atoms with Crippen molar-refractivity contribution in [2.45, 2.75) is 37.5 Å². The summed E-state index contributed by atoms with van der Waals surface area (Å²) in [5, 5.41) is 3.11. The molecule has 2 N–H and O–H groups in total. The van der Waals surface area contributed by atoms with Crippen LogP contribution in [0.15, 0.2) is 64.0 Å². The predicted molar refractivity (Wildman–Crippen MR) is 130 cm³/mol. The number of anilines is 1. The van der Waals surface area contributed by atoms with Gasteiger partial charge in [0.2, 0.25) is 0 Å². The summed E-state index contributed by atoms with van der Waals surface area (Å²) in [6.07, 6.45) is 5.89. The Kier molecular flexibility index (Phi) is 8.05.